The summed E-state index contributed by atoms with van der Waals surface area (Å²) in [6, 6.07) is 1.84. The molecular formula is C9H8N2O. The van der Waals surface area contributed by atoms with Gasteiger partial charge < -0.3 is 0 Å². The van der Waals surface area contributed by atoms with E-state index in [9.17, 15) is 4.79 Å². The molecule has 0 saturated heterocycles. The summed E-state index contributed by atoms with van der Waals surface area (Å²) in [6.07, 6.45) is 4.25. The quantitative estimate of drug-likeness (QED) is 0.615. The third kappa shape index (κ3) is 0.942. The first-order valence-corrected chi connectivity index (χ1v) is 3.81. The predicted octanol–water partition coefficient (Wildman–Crippen LogP) is 1.01. The molecule has 1 heterocycles. The van der Waals surface area contributed by atoms with Crippen molar-refractivity contribution in [3.05, 3.63) is 29.6 Å². The molecule has 2 rings (SSSR count). The summed E-state index contributed by atoms with van der Waals surface area (Å²) in [6.45, 7) is 1.57. The maximum absolute atomic E-state index is 11.1. The normalized spacial score (nSPS) is 13.9. The van der Waals surface area contributed by atoms with Crippen molar-refractivity contribution in [2.75, 3.05) is 0 Å². The highest BCUT2D eigenvalue weighted by Crippen LogP contribution is 2.24. The fraction of sp³-hybridized carbons (Fsp3) is 0.222. The Kier molecular flexibility index (Phi) is 1.50. The van der Waals surface area contributed by atoms with Crippen LogP contribution >= 0.6 is 0 Å². The summed E-state index contributed by atoms with van der Waals surface area (Å²) >= 11 is 0. The minimum Gasteiger partial charge on any atom is -0.294 e. The van der Waals surface area contributed by atoms with E-state index >= 15 is 0 Å². The van der Waals surface area contributed by atoms with Gasteiger partial charge in [0.25, 0.3) is 0 Å². The maximum atomic E-state index is 11.1. The molecule has 0 aliphatic heterocycles. The average Bonchev–Trinajstić information content (AvgIpc) is 2.47. The summed E-state index contributed by atoms with van der Waals surface area (Å²) in [7, 11) is 0. The third-order valence-corrected chi connectivity index (χ3v) is 1.97. The van der Waals surface area contributed by atoms with Gasteiger partial charge in [-0.25, -0.2) is 0 Å². The van der Waals surface area contributed by atoms with Gasteiger partial charge in [0.2, 0.25) is 0 Å². The lowest BCUT2D eigenvalue weighted by Crippen LogP contribution is -1.96. The van der Waals surface area contributed by atoms with Gasteiger partial charge >= 0.3 is 0 Å². The fourth-order valence-electron chi connectivity index (χ4n) is 1.40. The molecule has 0 fully saturated rings. The molecule has 60 valence electrons. The van der Waals surface area contributed by atoms with Gasteiger partial charge in [-0.3, -0.25) is 4.79 Å². The second kappa shape index (κ2) is 2.52. The Morgan fingerprint density at radius 2 is 2.42 bits per heavy atom. The van der Waals surface area contributed by atoms with Crippen LogP contribution in [-0.2, 0) is 11.2 Å². The second-order valence-electron chi connectivity index (χ2n) is 2.77. The fourth-order valence-corrected chi connectivity index (χ4v) is 1.40. The Labute approximate surface area is 70.1 Å². The molecule has 3 nitrogen and oxygen atoms in total. The summed E-state index contributed by atoms with van der Waals surface area (Å²) < 4.78 is 0. The van der Waals surface area contributed by atoms with Crippen LogP contribution in [0, 0.1) is 0 Å². The predicted molar refractivity (Wildman–Crippen MR) is 44.4 cm³/mol. The molecule has 1 aromatic heterocycles. The summed E-state index contributed by atoms with van der Waals surface area (Å²) in [4.78, 5) is 11.1. The van der Waals surface area contributed by atoms with Gasteiger partial charge in [-0.05, 0) is 13.0 Å². The molecule has 0 bridgehead atoms. The van der Waals surface area contributed by atoms with E-state index in [0.29, 0.717) is 0 Å². The van der Waals surface area contributed by atoms with Crippen LogP contribution in [0.5, 0.6) is 0 Å². The number of nitrogens with zero attached hydrogens (tertiary/aromatic N) is 2. The number of carbonyl (C=O) groups excluding carboxylic acids is 1. The number of hydrogen-bond donors (Lipinski definition) is 0. The van der Waals surface area contributed by atoms with Crippen molar-refractivity contribution in [2.45, 2.75) is 13.3 Å². The van der Waals surface area contributed by atoms with E-state index in [1.54, 1.807) is 13.1 Å². The number of ketones is 1. The highest BCUT2D eigenvalue weighted by atomic mass is 16.1. The minimum absolute atomic E-state index is 0.0988. The van der Waals surface area contributed by atoms with E-state index < -0.39 is 0 Å². The second-order valence-corrected chi connectivity index (χ2v) is 2.77. The van der Waals surface area contributed by atoms with Crippen LogP contribution < -0.4 is 0 Å². The van der Waals surface area contributed by atoms with Crippen molar-refractivity contribution >= 4 is 11.4 Å². The zero-order valence-corrected chi connectivity index (χ0v) is 6.74. The van der Waals surface area contributed by atoms with Gasteiger partial charge in [-0.1, -0.05) is 6.08 Å². The standard InChI is InChI=1S/C9H8N2O/c1-6(12)7-2-3-9-8(7)4-5-10-11-9/h2,4-5H,3H2,1H3. The van der Waals surface area contributed by atoms with Crippen LogP contribution in [0.3, 0.4) is 0 Å². The monoisotopic (exact) mass is 160 g/mol. The Balaban J connectivity index is 2.52. The van der Waals surface area contributed by atoms with Crippen LogP contribution in [0.2, 0.25) is 0 Å². The first-order valence-electron chi connectivity index (χ1n) is 3.81. The van der Waals surface area contributed by atoms with Gasteiger partial charge in [0.05, 0.1) is 11.9 Å². The molecule has 0 amide bonds. The largest absolute Gasteiger partial charge is 0.294 e. The third-order valence-electron chi connectivity index (χ3n) is 1.97. The molecule has 0 spiro atoms. The Morgan fingerprint density at radius 1 is 1.58 bits per heavy atom. The topological polar surface area (TPSA) is 42.9 Å². The van der Waals surface area contributed by atoms with Crippen molar-refractivity contribution < 1.29 is 4.79 Å². The zero-order chi connectivity index (χ0) is 8.55. The van der Waals surface area contributed by atoms with Crippen molar-refractivity contribution in [3.63, 3.8) is 0 Å². The molecule has 0 unspecified atom stereocenters. The lowest BCUT2D eigenvalue weighted by Gasteiger charge is -1.98. The molecule has 1 aliphatic carbocycles. The van der Waals surface area contributed by atoms with E-state index in [1.807, 2.05) is 12.1 Å². The first kappa shape index (κ1) is 7.16. The van der Waals surface area contributed by atoms with E-state index in [1.165, 1.54) is 0 Å². The van der Waals surface area contributed by atoms with E-state index in [2.05, 4.69) is 10.2 Å². The molecule has 1 aromatic rings. The van der Waals surface area contributed by atoms with Crippen LogP contribution in [0.25, 0.3) is 5.57 Å². The SMILES string of the molecule is CC(=O)C1=CCc2nnccc21. The van der Waals surface area contributed by atoms with Crippen LogP contribution in [0.1, 0.15) is 18.2 Å². The molecule has 0 aromatic carbocycles. The highest BCUT2D eigenvalue weighted by molar-refractivity contribution is 6.20. The van der Waals surface area contributed by atoms with Gasteiger partial charge in [-0.15, -0.1) is 0 Å². The van der Waals surface area contributed by atoms with E-state index in [0.717, 1.165) is 23.3 Å². The summed E-state index contributed by atoms with van der Waals surface area (Å²) in [5.41, 5.74) is 2.63. The summed E-state index contributed by atoms with van der Waals surface area (Å²) in [5, 5.41) is 7.69. The Morgan fingerprint density at radius 3 is 3.17 bits per heavy atom. The number of hydrogen-bond acceptors (Lipinski definition) is 3. The van der Waals surface area contributed by atoms with Crippen LogP contribution in [0.4, 0.5) is 0 Å². The average molecular weight is 160 g/mol. The number of carbonyl (C=O) groups is 1. The minimum atomic E-state index is 0.0988. The van der Waals surface area contributed by atoms with Crippen molar-refractivity contribution in [2.24, 2.45) is 0 Å². The Hall–Kier alpha value is -1.51. The van der Waals surface area contributed by atoms with Gasteiger partial charge in [0.15, 0.2) is 5.78 Å². The number of rotatable bonds is 1. The number of Topliss-reactive ketones (excluding diaryl/α,β-unsaturated/α-hetero) is 1. The lowest BCUT2D eigenvalue weighted by atomic mass is 10.1. The summed E-state index contributed by atoms with van der Waals surface area (Å²) in [5.74, 6) is 0.0988. The van der Waals surface area contributed by atoms with Crippen molar-refractivity contribution in [3.8, 4) is 0 Å². The molecule has 0 radical (unpaired) electrons. The van der Waals surface area contributed by atoms with Crippen molar-refractivity contribution in [1.82, 2.24) is 10.2 Å². The number of allylic oxidation sites excluding steroid dienone is 2. The zero-order valence-electron chi connectivity index (χ0n) is 6.74. The van der Waals surface area contributed by atoms with Gasteiger partial charge in [0.1, 0.15) is 0 Å². The smallest absolute Gasteiger partial charge is 0.160 e. The van der Waals surface area contributed by atoms with Gasteiger partial charge in [-0.2, -0.15) is 10.2 Å². The molecule has 0 atom stereocenters. The van der Waals surface area contributed by atoms with Crippen LogP contribution in [-0.4, -0.2) is 16.0 Å². The molecule has 0 saturated carbocycles. The molecule has 3 heteroatoms. The molecular weight excluding hydrogens is 152 g/mol. The lowest BCUT2D eigenvalue weighted by molar-refractivity contribution is -0.111. The van der Waals surface area contributed by atoms with E-state index in [4.69, 9.17) is 0 Å². The van der Waals surface area contributed by atoms with Gasteiger partial charge in [0, 0.05) is 17.6 Å². The number of fused-ring (bicyclic) bond motifs is 1. The Bertz CT molecular complexity index is 369. The molecule has 0 N–H and O–H groups in total. The van der Waals surface area contributed by atoms with Crippen molar-refractivity contribution in [1.29, 1.82) is 0 Å². The molecule has 1 aliphatic rings. The maximum Gasteiger partial charge on any atom is 0.160 e. The van der Waals surface area contributed by atoms with E-state index in [-0.39, 0.29) is 5.78 Å². The molecule has 12 heavy (non-hydrogen) atoms. The first-order chi connectivity index (χ1) is 5.79. The van der Waals surface area contributed by atoms with Crippen LogP contribution in [0.15, 0.2) is 18.3 Å². The number of aromatic nitrogens is 2. The highest BCUT2D eigenvalue weighted by Gasteiger charge is 2.17.